The molecular weight excluding hydrogens is 492 g/mol. The molecule has 0 fully saturated rings. The molecule has 4 aromatic carbocycles. The predicted octanol–water partition coefficient (Wildman–Crippen LogP) is 6.16. The first-order valence-corrected chi connectivity index (χ1v) is 12.6. The maximum atomic E-state index is 6.50. The molecule has 7 rings (SSSR count). The zero-order valence-corrected chi connectivity index (χ0v) is 21.4. The van der Waals surface area contributed by atoms with Gasteiger partial charge in [0.25, 0.3) is 0 Å². The van der Waals surface area contributed by atoms with E-state index in [2.05, 4.69) is 46.5 Å². The Kier molecular flexibility index (Phi) is 5.51. The molecule has 0 spiro atoms. The average molecular weight is 517 g/mol. The fourth-order valence-electron chi connectivity index (χ4n) is 5.11. The molecule has 8 nitrogen and oxygen atoms in total. The van der Waals surface area contributed by atoms with E-state index in [9.17, 15) is 0 Å². The van der Waals surface area contributed by atoms with Crippen LogP contribution in [0, 0.1) is 0 Å². The summed E-state index contributed by atoms with van der Waals surface area (Å²) in [6.07, 6.45) is 1.64. The zero-order chi connectivity index (χ0) is 26.3. The molecule has 2 aromatic heterocycles. The van der Waals surface area contributed by atoms with Crippen LogP contribution in [-0.2, 0) is 6.61 Å². The zero-order valence-electron chi connectivity index (χ0n) is 21.4. The van der Waals surface area contributed by atoms with Crippen molar-refractivity contribution in [3.63, 3.8) is 0 Å². The van der Waals surface area contributed by atoms with E-state index in [0.29, 0.717) is 23.1 Å². The smallest absolute Gasteiger partial charge is 0.228 e. The molecule has 0 N–H and O–H groups in total. The number of aromatic nitrogens is 4. The number of methoxy groups -OCH3 is 2. The highest BCUT2D eigenvalue weighted by molar-refractivity contribution is 5.91. The Morgan fingerprint density at radius 3 is 2.31 bits per heavy atom. The van der Waals surface area contributed by atoms with Gasteiger partial charge < -0.3 is 18.9 Å². The minimum absolute atomic E-state index is 0.171. The standard InChI is InChI=1S/C31H24N4O4/c1-36-21-10-7-20(8-11-21)27-25-16-9-19-5-3-4-6-24(19)29(25)39-31-28(27)30-33-26(34-35(30)18-32-31)17-38-23-14-12-22(37-2)13-15-23/h3-16,18,27H,17H2,1-2H3. The van der Waals surface area contributed by atoms with Gasteiger partial charge >= 0.3 is 0 Å². The summed E-state index contributed by atoms with van der Waals surface area (Å²) in [6, 6.07) is 28.0. The van der Waals surface area contributed by atoms with Crippen LogP contribution >= 0.6 is 0 Å². The fraction of sp³-hybridized carbons (Fsp3) is 0.129. The lowest BCUT2D eigenvalue weighted by Crippen LogP contribution is -2.15. The van der Waals surface area contributed by atoms with E-state index < -0.39 is 0 Å². The maximum absolute atomic E-state index is 6.50. The molecule has 0 aliphatic carbocycles. The molecule has 0 saturated carbocycles. The molecule has 0 amide bonds. The number of fused-ring (bicyclic) bond motifs is 6. The van der Waals surface area contributed by atoms with Crippen LogP contribution in [0.1, 0.15) is 28.4 Å². The summed E-state index contributed by atoms with van der Waals surface area (Å²) in [5, 5.41) is 6.79. The Morgan fingerprint density at radius 2 is 1.54 bits per heavy atom. The van der Waals surface area contributed by atoms with Crippen LogP contribution in [0.15, 0.2) is 91.3 Å². The molecule has 6 aromatic rings. The number of ether oxygens (including phenoxy) is 4. The average Bonchev–Trinajstić information content (AvgIpc) is 3.42. The highest BCUT2D eigenvalue weighted by Gasteiger charge is 2.34. The molecule has 1 aliphatic heterocycles. The lowest BCUT2D eigenvalue weighted by molar-refractivity contribution is 0.295. The van der Waals surface area contributed by atoms with Crippen LogP contribution in [0.4, 0.5) is 0 Å². The van der Waals surface area contributed by atoms with Gasteiger partial charge in [0.15, 0.2) is 11.5 Å². The topological polar surface area (TPSA) is 80.0 Å². The quantitative estimate of drug-likeness (QED) is 0.262. The summed E-state index contributed by atoms with van der Waals surface area (Å²) >= 11 is 0. The second kappa shape index (κ2) is 9.33. The third-order valence-electron chi connectivity index (χ3n) is 7.02. The van der Waals surface area contributed by atoms with Gasteiger partial charge in [-0.3, -0.25) is 0 Å². The first kappa shape index (κ1) is 23.0. The number of rotatable bonds is 6. The Bertz CT molecular complexity index is 1810. The van der Waals surface area contributed by atoms with E-state index >= 15 is 0 Å². The molecule has 1 atom stereocenters. The van der Waals surface area contributed by atoms with Gasteiger partial charge in [0.2, 0.25) is 5.88 Å². The van der Waals surface area contributed by atoms with E-state index in [-0.39, 0.29) is 12.5 Å². The number of nitrogens with zero attached hydrogens (tertiary/aromatic N) is 4. The van der Waals surface area contributed by atoms with Crippen molar-refractivity contribution in [1.29, 1.82) is 0 Å². The van der Waals surface area contributed by atoms with Crippen molar-refractivity contribution in [2.45, 2.75) is 12.5 Å². The summed E-state index contributed by atoms with van der Waals surface area (Å²) in [7, 11) is 3.30. The number of benzene rings is 4. The van der Waals surface area contributed by atoms with Crippen LogP contribution < -0.4 is 18.9 Å². The van der Waals surface area contributed by atoms with Crippen LogP contribution in [0.3, 0.4) is 0 Å². The first-order valence-electron chi connectivity index (χ1n) is 12.6. The minimum atomic E-state index is -0.171. The van der Waals surface area contributed by atoms with Crippen molar-refractivity contribution >= 4 is 16.4 Å². The molecule has 0 bridgehead atoms. The molecule has 39 heavy (non-hydrogen) atoms. The van der Waals surface area contributed by atoms with Crippen molar-refractivity contribution in [3.8, 4) is 28.9 Å². The highest BCUT2D eigenvalue weighted by Crippen LogP contribution is 2.50. The molecule has 1 aliphatic rings. The Labute approximate surface area is 224 Å². The molecule has 3 heterocycles. The van der Waals surface area contributed by atoms with Crippen molar-refractivity contribution in [2.24, 2.45) is 0 Å². The van der Waals surface area contributed by atoms with E-state index in [0.717, 1.165) is 44.7 Å². The van der Waals surface area contributed by atoms with Gasteiger partial charge in [-0.15, -0.1) is 5.10 Å². The van der Waals surface area contributed by atoms with Gasteiger partial charge in [0.1, 0.15) is 35.9 Å². The second-order valence-corrected chi connectivity index (χ2v) is 9.24. The largest absolute Gasteiger partial charge is 0.497 e. The predicted molar refractivity (Wildman–Crippen MR) is 146 cm³/mol. The summed E-state index contributed by atoms with van der Waals surface area (Å²) in [5.41, 5.74) is 3.65. The van der Waals surface area contributed by atoms with Gasteiger partial charge in [-0.25, -0.2) is 14.5 Å². The summed E-state index contributed by atoms with van der Waals surface area (Å²) < 4.78 is 24.8. The Balaban J connectivity index is 1.34. The molecule has 192 valence electrons. The molecule has 8 heteroatoms. The summed E-state index contributed by atoms with van der Waals surface area (Å²) in [4.78, 5) is 9.55. The van der Waals surface area contributed by atoms with E-state index in [4.69, 9.17) is 23.9 Å². The third kappa shape index (κ3) is 3.97. The van der Waals surface area contributed by atoms with E-state index in [1.165, 1.54) is 0 Å². The van der Waals surface area contributed by atoms with E-state index in [1.807, 2.05) is 48.5 Å². The van der Waals surface area contributed by atoms with Gasteiger partial charge in [0.05, 0.1) is 19.8 Å². The van der Waals surface area contributed by atoms with Crippen molar-refractivity contribution < 1.29 is 18.9 Å². The summed E-state index contributed by atoms with van der Waals surface area (Å²) in [6.45, 7) is 0.206. The first-order chi connectivity index (χ1) is 19.2. The number of hydrogen-bond donors (Lipinski definition) is 0. The molecule has 0 saturated heterocycles. The van der Waals surface area contributed by atoms with Gasteiger partial charge in [-0.05, 0) is 47.3 Å². The lowest BCUT2D eigenvalue weighted by Gasteiger charge is -2.28. The van der Waals surface area contributed by atoms with Crippen LogP contribution in [0.25, 0.3) is 16.4 Å². The summed E-state index contributed by atoms with van der Waals surface area (Å²) in [5.74, 6) is 3.96. The Morgan fingerprint density at radius 1 is 0.821 bits per heavy atom. The van der Waals surface area contributed by atoms with Crippen LogP contribution in [0.2, 0.25) is 0 Å². The van der Waals surface area contributed by atoms with Crippen molar-refractivity contribution in [2.75, 3.05) is 14.2 Å². The van der Waals surface area contributed by atoms with Crippen molar-refractivity contribution in [3.05, 3.63) is 114 Å². The molecule has 1 unspecified atom stereocenters. The van der Waals surface area contributed by atoms with Gasteiger partial charge in [-0.2, -0.15) is 0 Å². The van der Waals surface area contributed by atoms with Gasteiger partial charge in [0, 0.05) is 16.9 Å². The maximum Gasteiger partial charge on any atom is 0.228 e. The number of hydrogen-bond acceptors (Lipinski definition) is 7. The SMILES string of the molecule is COc1ccc(OCc2nc3c4c(ncn3n2)Oc2c(ccc3ccccc23)C4c2ccc(OC)cc2)cc1. The van der Waals surface area contributed by atoms with E-state index in [1.54, 1.807) is 25.1 Å². The second-order valence-electron chi connectivity index (χ2n) is 9.24. The van der Waals surface area contributed by atoms with Gasteiger partial charge in [-0.1, -0.05) is 48.5 Å². The van der Waals surface area contributed by atoms with Crippen molar-refractivity contribution in [1.82, 2.24) is 19.6 Å². The van der Waals surface area contributed by atoms with Crippen LogP contribution in [0.5, 0.6) is 28.9 Å². The fourth-order valence-corrected chi connectivity index (χ4v) is 5.11. The highest BCUT2D eigenvalue weighted by atomic mass is 16.5. The Hall–Kier alpha value is -5.11. The third-order valence-corrected chi connectivity index (χ3v) is 7.02. The lowest BCUT2D eigenvalue weighted by atomic mass is 9.83. The normalized spacial score (nSPS) is 13.9. The molecule has 0 radical (unpaired) electrons. The molecular formula is C31H24N4O4. The van der Waals surface area contributed by atoms with Crippen LogP contribution in [-0.4, -0.2) is 33.8 Å². The minimum Gasteiger partial charge on any atom is -0.497 e. The monoisotopic (exact) mass is 516 g/mol.